The molecule has 1 aliphatic rings. The van der Waals surface area contributed by atoms with Gasteiger partial charge >= 0.3 is 11.9 Å². The molecule has 0 spiro atoms. The van der Waals surface area contributed by atoms with Crippen molar-refractivity contribution in [2.45, 2.75) is 32.1 Å². The molecule has 0 N–H and O–H groups in total. The monoisotopic (exact) mass is 262 g/mol. The second kappa shape index (κ2) is 8.21. The standard InChI is InChI=1S/C15H18O4/c1-3-5-10-18-14(16)12-8-7-9-13(12)15(17)19-11-6-4-2/h1-2,12-13H,5-11H2. The van der Waals surface area contributed by atoms with Gasteiger partial charge in [0, 0.05) is 12.8 Å². The van der Waals surface area contributed by atoms with Gasteiger partial charge in [0.05, 0.1) is 11.8 Å². The molecule has 1 aliphatic carbocycles. The van der Waals surface area contributed by atoms with Crippen molar-refractivity contribution in [1.29, 1.82) is 0 Å². The molecule has 0 aromatic carbocycles. The van der Waals surface area contributed by atoms with E-state index in [0.717, 1.165) is 6.42 Å². The summed E-state index contributed by atoms with van der Waals surface area (Å²) in [5.74, 6) is 3.27. The molecule has 19 heavy (non-hydrogen) atoms. The van der Waals surface area contributed by atoms with Crippen molar-refractivity contribution in [1.82, 2.24) is 0 Å². The minimum absolute atomic E-state index is 0.199. The Hall–Kier alpha value is -1.94. The highest BCUT2D eigenvalue weighted by Gasteiger charge is 2.39. The van der Waals surface area contributed by atoms with E-state index in [4.69, 9.17) is 22.3 Å². The lowest BCUT2D eigenvalue weighted by atomic mass is 9.96. The molecule has 2 atom stereocenters. The fourth-order valence-corrected chi connectivity index (χ4v) is 2.16. The normalized spacial score (nSPS) is 21.2. The zero-order chi connectivity index (χ0) is 14.1. The van der Waals surface area contributed by atoms with Crippen molar-refractivity contribution >= 4 is 11.9 Å². The lowest BCUT2D eigenvalue weighted by molar-refractivity contribution is -0.159. The summed E-state index contributed by atoms with van der Waals surface area (Å²) in [5, 5.41) is 0. The molecule has 1 saturated carbocycles. The van der Waals surface area contributed by atoms with E-state index in [-0.39, 0.29) is 25.2 Å². The number of terminal acetylenes is 2. The Bertz CT molecular complexity index is 361. The first-order valence-corrected chi connectivity index (χ1v) is 6.41. The van der Waals surface area contributed by atoms with Gasteiger partial charge < -0.3 is 9.47 Å². The van der Waals surface area contributed by atoms with E-state index in [9.17, 15) is 9.59 Å². The van der Waals surface area contributed by atoms with E-state index in [2.05, 4.69) is 11.8 Å². The largest absolute Gasteiger partial charge is 0.464 e. The maximum absolute atomic E-state index is 11.8. The van der Waals surface area contributed by atoms with Gasteiger partial charge in [0.1, 0.15) is 13.2 Å². The molecule has 2 unspecified atom stereocenters. The van der Waals surface area contributed by atoms with Crippen LogP contribution in [0.15, 0.2) is 0 Å². The van der Waals surface area contributed by atoms with E-state index in [0.29, 0.717) is 25.7 Å². The minimum atomic E-state index is -0.406. The van der Waals surface area contributed by atoms with Crippen LogP contribution in [0.3, 0.4) is 0 Å². The van der Waals surface area contributed by atoms with Gasteiger partial charge in [-0.2, -0.15) is 0 Å². The van der Waals surface area contributed by atoms with Crippen LogP contribution < -0.4 is 0 Å². The van der Waals surface area contributed by atoms with Crippen molar-refractivity contribution in [3.05, 3.63) is 0 Å². The number of hydrogen-bond acceptors (Lipinski definition) is 4. The number of carbonyl (C=O) groups is 2. The Kier molecular flexibility index (Phi) is 6.53. The SMILES string of the molecule is C#CCCOC(=O)C1CCCC1C(=O)OCCC#C. The highest BCUT2D eigenvalue weighted by Crippen LogP contribution is 2.33. The van der Waals surface area contributed by atoms with Crippen LogP contribution >= 0.6 is 0 Å². The zero-order valence-electron chi connectivity index (χ0n) is 10.9. The highest BCUT2D eigenvalue weighted by molar-refractivity contribution is 5.82. The molecule has 0 bridgehead atoms. The highest BCUT2D eigenvalue weighted by atomic mass is 16.5. The Morgan fingerprint density at radius 3 is 1.74 bits per heavy atom. The van der Waals surface area contributed by atoms with E-state index < -0.39 is 11.8 Å². The molecule has 102 valence electrons. The first-order chi connectivity index (χ1) is 9.20. The van der Waals surface area contributed by atoms with Crippen LogP contribution in [-0.2, 0) is 19.1 Å². The van der Waals surface area contributed by atoms with E-state index in [1.54, 1.807) is 0 Å². The first-order valence-electron chi connectivity index (χ1n) is 6.41. The van der Waals surface area contributed by atoms with Gasteiger partial charge in [-0.15, -0.1) is 24.7 Å². The molecule has 4 heteroatoms. The third-order valence-corrected chi connectivity index (χ3v) is 3.10. The van der Waals surface area contributed by atoms with E-state index >= 15 is 0 Å². The van der Waals surface area contributed by atoms with Crippen molar-refractivity contribution < 1.29 is 19.1 Å². The van der Waals surface area contributed by atoms with Crippen molar-refractivity contribution in [3.63, 3.8) is 0 Å². The Balaban J connectivity index is 2.44. The van der Waals surface area contributed by atoms with Crippen molar-refractivity contribution in [3.8, 4) is 24.7 Å². The molecule has 1 fully saturated rings. The number of rotatable bonds is 6. The summed E-state index contributed by atoms with van der Waals surface area (Å²) in [6.45, 7) is 0.398. The van der Waals surface area contributed by atoms with Gasteiger partial charge in [0.2, 0.25) is 0 Å². The maximum Gasteiger partial charge on any atom is 0.309 e. The number of hydrogen-bond donors (Lipinski definition) is 0. The molecular weight excluding hydrogens is 244 g/mol. The fourth-order valence-electron chi connectivity index (χ4n) is 2.16. The summed E-state index contributed by atoms with van der Waals surface area (Å²) in [6.07, 6.45) is 13.1. The molecule has 0 amide bonds. The Morgan fingerprint density at radius 2 is 1.37 bits per heavy atom. The van der Waals surface area contributed by atoms with Gasteiger partial charge in [-0.05, 0) is 12.8 Å². The molecule has 4 nitrogen and oxygen atoms in total. The van der Waals surface area contributed by atoms with Crippen LogP contribution in [0.5, 0.6) is 0 Å². The first kappa shape index (κ1) is 15.1. The summed E-state index contributed by atoms with van der Waals surface area (Å²) in [7, 11) is 0. The second-order valence-corrected chi connectivity index (χ2v) is 4.39. The lowest BCUT2D eigenvalue weighted by Gasteiger charge is -2.16. The average molecular weight is 262 g/mol. The predicted octanol–water partition coefficient (Wildman–Crippen LogP) is 1.54. The van der Waals surface area contributed by atoms with Crippen molar-refractivity contribution in [2.24, 2.45) is 11.8 Å². The van der Waals surface area contributed by atoms with Crippen LogP contribution in [0.2, 0.25) is 0 Å². The van der Waals surface area contributed by atoms with Crippen LogP contribution in [0.25, 0.3) is 0 Å². The summed E-state index contributed by atoms with van der Waals surface area (Å²) in [4.78, 5) is 23.7. The Labute approximate surface area is 113 Å². The number of carbonyl (C=O) groups excluding carboxylic acids is 2. The van der Waals surface area contributed by atoms with E-state index in [1.807, 2.05) is 0 Å². The molecule has 1 rings (SSSR count). The quantitative estimate of drug-likeness (QED) is 0.414. The Morgan fingerprint density at radius 1 is 0.947 bits per heavy atom. The third-order valence-electron chi connectivity index (χ3n) is 3.10. The van der Waals surface area contributed by atoms with Gasteiger partial charge in [0.25, 0.3) is 0 Å². The third kappa shape index (κ3) is 4.67. The second-order valence-electron chi connectivity index (χ2n) is 4.39. The lowest BCUT2D eigenvalue weighted by Crippen LogP contribution is -2.29. The molecular formula is C15H18O4. The zero-order valence-corrected chi connectivity index (χ0v) is 10.9. The average Bonchev–Trinajstić information content (AvgIpc) is 2.88. The summed E-state index contributed by atoms with van der Waals surface area (Å²) < 4.78 is 10.1. The van der Waals surface area contributed by atoms with Crippen LogP contribution in [0, 0.1) is 36.5 Å². The molecule has 0 heterocycles. The van der Waals surface area contributed by atoms with Crippen molar-refractivity contribution in [2.75, 3.05) is 13.2 Å². The van der Waals surface area contributed by atoms with Crippen LogP contribution in [0.1, 0.15) is 32.1 Å². The maximum atomic E-state index is 11.8. The van der Waals surface area contributed by atoms with Gasteiger partial charge in [-0.25, -0.2) is 0 Å². The number of ether oxygens (including phenoxy) is 2. The summed E-state index contributed by atoms with van der Waals surface area (Å²) in [5.41, 5.74) is 0. The smallest absolute Gasteiger partial charge is 0.309 e. The minimum Gasteiger partial charge on any atom is -0.464 e. The van der Waals surface area contributed by atoms with E-state index in [1.165, 1.54) is 0 Å². The number of esters is 2. The predicted molar refractivity (Wildman–Crippen MR) is 69.6 cm³/mol. The van der Waals surface area contributed by atoms with Gasteiger partial charge in [0.15, 0.2) is 0 Å². The van der Waals surface area contributed by atoms with Gasteiger partial charge in [-0.1, -0.05) is 6.42 Å². The molecule has 0 saturated heterocycles. The summed E-state index contributed by atoms with van der Waals surface area (Å²) in [6, 6.07) is 0. The molecule has 0 aliphatic heterocycles. The topological polar surface area (TPSA) is 52.6 Å². The molecule has 0 aromatic heterocycles. The molecule has 0 radical (unpaired) electrons. The molecule has 0 aromatic rings. The van der Waals surface area contributed by atoms with Crippen LogP contribution in [-0.4, -0.2) is 25.2 Å². The summed E-state index contributed by atoms with van der Waals surface area (Å²) >= 11 is 0. The van der Waals surface area contributed by atoms with Gasteiger partial charge in [-0.3, -0.25) is 9.59 Å². The van der Waals surface area contributed by atoms with Crippen LogP contribution in [0.4, 0.5) is 0 Å². The fraction of sp³-hybridized carbons (Fsp3) is 0.600.